The molecule has 16 heavy (non-hydrogen) atoms. The summed E-state index contributed by atoms with van der Waals surface area (Å²) in [7, 11) is 0. The molecule has 4 nitrogen and oxygen atoms in total. The summed E-state index contributed by atoms with van der Waals surface area (Å²) >= 11 is 0. The monoisotopic (exact) mass is 217 g/mol. The van der Waals surface area contributed by atoms with Crippen molar-refractivity contribution in [2.24, 2.45) is 0 Å². The van der Waals surface area contributed by atoms with Gasteiger partial charge in [0.2, 0.25) is 0 Å². The highest BCUT2D eigenvalue weighted by Crippen LogP contribution is 2.20. The van der Waals surface area contributed by atoms with Crippen LogP contribution < -0.4 is 0 Å². The first-order valence-corrected chi connectivity index (χ1v) is 5.44. The molecule has 0 aliphatic carbocycles. The first-order valence-electron chi connectivity index (χ1n) is 5.44. The number of benzene rings is 1. The molecule has 0 radical (unpaired) electrons. The van der Waals surface area contributed by atoms with Crippen LogP contribution in [0.5, 0.6) is 0 Å². The molecule has 0 saturated carbocycles. The van der Waals surface area contributed by atoms with E-state index in [0.29, 0.717) is 0 Å². The normalized spacial score (nSPS) is 12.6. The van der Waals surface area contributed by atoms with E-state index >= 15 is 0 Å². The Hall–Kier alpha value is -1.68. The van der Waals surface area contributed by atoms with Crippen molar-refractivity contribution >= 4 is 0 Å². The second kappa shape index (κ2) is 4.90. The molecule has 0 spiro atoms. The standard InChI is InChI=1S/C12H15N3O/c1-2-8-15-11(9-13-14-15)12(16)10-6-4-3-5-7-10/h3-7,9,12,16H,2,8H2,1H3. The molecule has 1 aromatic heterocycles. The summed E-state index contributed by atoms with van der Waals surface area (Å²) in [5, 5.41) is 18.0. The topological polar surface area (TPSA) is 50.9 Å². The van der Waals surface area contributed by atoms with E-state index in [1.807, 2.05) is 30.3 Å². The number of aliphatic hydroxyl groups excluding tert-OH is 1. The Morgan fingerprint density at radius 2 is 2.06 bits per heavy atom. The predicted molar refractivity (Wildman–Crippen MR) is 60.8 cm³/mol. The Bertz CT molecular complexity index is 439. The van der Waals surface area contributed by atoms with Gasteiger partial charge in [-0.1, -0.05) is 42.5 Å². The van der Waals surface area contributed by atoms with Crippen LogP contribution in [0.15, 0.2) is 36.5 Å². The quantitative estimate of drug-likeness (QED) is 0.849. The highest BCUT2D eigenvalue weighted by Gasteiger charge is 2.15. The zero-order chi connectivity index (χ0) is 11.4. The number of hydrogen-bond donors (Lipinski definition) is 1. The van der Waals surface area contributed by atoms with Gasteiger partial charge >= 0.3 is 0 Å². The van der Waals surface area contributed by atoms with Gasteiger partial charge in [0.05, 0.1) is 11.9 Å². The second-order valence-electron chi connectivity index (χ2n) is 3.70. The van der Waals surface area contributed by atoms with E-state index in [1.165, 1.54) is 0 Å². The molecule has 0 amide bonds. The maximum absolute atomic E-state index is 10.2. The molecule has 0 aliphatic heterocycles. The lowest BCUT2D eigenvalue weighted by molar-refractivity contribution is 0.207. The zero-order valence-electron chi connectivity index (χ0n) is 9.24. The van der Waals surface area contributed by atoms with Gasteiger partial charge in [-0.25, -0.2) is 4.68 Å². The van der Waals surface area contributed by atoms with Crippen molar-refractivity contribution in [3.8, 4) is 0 Å². The van der Waals surface area contributed by atoms with Crippen LogP contribution in [0.1, 0.15) is 30.7 Å². The maximum atomic E-state index is 10.2. The predicted octanol–water partition coefficient (Wildman–Crippen LogP) is 1.77. The van der Waals surface area contributed by atoms with Crippen LogP contribution >= 0.6 is 0 Å². The SMILES string of the molecule is CCCn1nncc1C(O)c1ccccc1. The third-order valence-corrected chi connectivity index (χ3v) is 2.48. The average molecular weight is 217 g/mol. The summed E-state index contributed by atoms with van der Waals surface area (Å²) in [6.07, 6.45) is 1.94. The minimum absolute atomic E-state index is 0.650. The summed E-state index contributed by atoms with van der Waals surface area (Å²) in [5.41, 5.74) is 1.61. The fraction of sp³-hybridized carbons (Fsp3) is 0.333. The molecular formula is C12H15N3O. The molecule has 1 heterocycles. The summed E-state index contributed by atoms with van der Waals surface area (Å²) in [6.45, 7) is 2.85. The molecule has 2 aromatic rings. The van der Waals surface area contributed by atoms with Crippen molar-refractivity contribution in [2.45, 2.75) is 26.0 Å². The smallest absolute Gasteiger partial charge is 0.122 e. The van der Waals surface area contributed by atoms with Crippen LogP contribution in [0.25, 0.3) is 0 Å². The van der Waals surface area contributed by atoms with Gasteiger partial charge in [-0.2, -0.15) is 0 Å². The molecule has 2 rings (SSSR count). The molecule has 1 N–H and O–H groups in total. The second-order valence-corrected chi connectivity index (χ2v) is 3.70. The summed E-state index contributed by atoms with van der Waals surface area (Å²) in [4.78, 5) is 0. The number of aryl methyl sites for hydroxylation is 1. The number of aromatic nitrogens is 3. The van der Waals surface area contributed by atoms with E-state index < -0.39 is 6.10 Å². The molecule has 0 aliphatic rings. The number of aliphatic hydroxyl groups is 1. The Balaban J connectivity index is 2.27. The highest BCUT2D eigenvalue weighted by molar-refractivity contribution is 5.24. The number of nitrogens with zero attached hydrogens (tertiary/aromatic N) is 3. The molecule has 1 unspecified atom stereocenters. The molecule has 0 bridgehead atoms. The fourth-order valence-electron chi connectivity index (χ4n) is 1.67. The van der Waals surface area contributed by atoms with Crippen molar-refractivity contribution in [1.29, 1.82) is 0 Å². The minimum Gasteiger partial charge on any atom is -0.382 e. The molecule has 4 heteroatoms. The zero-order valence-corrected chi connectivity index (χ0v) is 9.24. The Kier molecular flexibility index (Phi) is 3.31. The molecule has 1 atom stereocenters. The van der Waals surface area contributed by atoms with Crippen LogP contribution in [0.3, 0.4) is 0 Å². The molecule has 84 valence electrons. The minimum atomic E-state index is -0.650. The molecular weight excluding hydrogens is 202 g/mol. The van der Waals surface area contributed by atoms with E-state index in [4.69, 9.17) is 0 Å². The summed E-state index contributed by atoms with van der Waals surface area (Å²) in [6, 6.07) is 9.54. The van der Waals surface area contributed by atoms with Crippen molar-refractivity contribution in [3.63, 3.8) is 0 Å². The third-order valence-electron chi connectivity index (χ3n) is 2.48. The Labute approximate surface area is 94.5 Å². The summed E-state index contributed by atoms with van der Waals surface area (Å²) < 4.78 is 1.75. The van der Waals surface area contributed by atoms with E-state index in [0.717, 1.165) is 24.2 Å². The Morgan fingerprint density at radius 3 is 2.75 bits per heavy atom. The maximum Gasteiger partial charge on any atom is 0.122 e. The first-order chi connectivity index (χ1) is 7.83. The van der Waals surface area contributed by atoms with Gasteiger partial charge < -0.3 is 5.11 Å². The molecule has 0 fully saturated rings. The number of rotatable bonds is 4. The van der Waals surface area contributed by atoms with Crippen molar-refractivity contribution < 1.29 is 5.11 Å². The van der Waals surface area contributed by atoms with E-state index in [9.17, 15) is 5.11 Å². The van der Waals surface area contributed by atoms with Crippen LogP contribution in [-0.4, -0.2) is 20.1 Å². The highest BCUT2D eigenvalue weighted by atomic mass is 16.3. The van der Waals surface area contributed by atoms with Gasteiger partial charge in [-0.05, 0) is 12.0 Å². The lowest BCUT2D eigenvalue weighted by atomic mass is 10.1. The molecule has 1 aromatic carbocycles. The van der Waals surface area contributed by atoms with Gasteiger partial charge in [-0.15, -0.1) is 5.10 Å². The van der Waals surface area contributed by atoms with Crippen molar-refractivity contribution in [1.82, 2.24) is 15.0 Å². The van der Waals surface area contributed by atoms with Gasteiger partial charge in [0, 0.05) is 6.54 Å². The van der Waals surface area contributed by atoms with Gasteiger partial charge in [0.15, 0.2) is 0 Å². The third kappa shape index (κ3) is 2.12. The van der Waals surface area contributed by atoms with Crippen molar-refractivity contribution in [2.75, 3.05) is 0 Å². The fourth-order valence-corrected chi connectivity index (χ4v) is 1.67. The van der Waals surface area contributed by atoms with Crippen LogP contribution in [0.4, 0.5) is 0 Å². The van der Waals surface area contributed by atoms with Gasteiger partial charge in [0.1, 0.15) is 6.10 Å². The van der Waals surface area contributed by atoms with Crippen LogP contribution in [0.2, 0.25) is 0 Å². The molecule has 0 saturated heterocycles. The first kappa shape index (κ1) is 10.8. The van der Waals surface area contributed by atoms with Gasteiger partial charge in [0.25, 0.3) is 0 Å². The number of hydrogen-bond acceptors (Lipinski definition) is 3. The van der Waals surface area contributed by atoms with E-state index in [2.05, 4.69) is 17.2 Å². The lowest BCUT2D eigenvalue weighted by Crippen LogP contribution is -2.10. The van der Waals surface area contributed by atoms with Crippen molar-refractivity contribution in [3.05, 3.63) is 47.8 Å². The lowest BCUT2D eigenvalue weighted by Gasteiger charge is -2.11. The van der Waals surface area contributed by atoms with Gasteiger partial charge in [-0.3, -0.25) is 0 Å². The van der Waals surface area contributed by atoms with Crippen LogP contribution in [-0.2, 0) is 6.54 Å². The Morgan fingerprint density at radius 1 is 1.31 bits per heavy atom. The summed E-state index contributed by atoms with van der Waals surface area (Å²) in [5.74, 6) is 0. The average Bonchev–Trinajstić information content (AvgIpc) is 2.78. The van der Waals surface area contributed by atoms with Crippen LogP contribution in [0, 0.1) is 0 Å². The van der Waals surface area contributed by atoms with E-state index in [-0.39, 0.29) is 0 Å². The van der Waals surface area contributed by atoms with E-state index in [1.54, 1.807) is 10.9 Å². The largest absolute Gasteiger partial charge is 0.382 e.